The van der Waals surface area contributed by atoms with Crippen LogP contribution in [0.25, 0.3) is 0 Å². The van der Waals surface area contributed by atoms with E-state index >= 15 is 0 Å². The molecule has 3 rings (SSSR count). The van der Waals surface area contributed by atoms with E-state index in [1.165, 1.54) is 25.7 Å². The Kier molecular flexibility index (Phi) is 5.79. The number of nitrogen functional groups attached to an aromatic ring is 1. The molecular formula is C19H33N5O. The second kappa shape index (κ2) is 7.87. The van der Waals surface area contributed by atoms with Gasteiger partial charge in [0, 0.05) is 31.3 Å². The molecule has 25 heavy (non-hydrogen) atoms. The quantitative estimate of drug-likeness (QED) is 0.853. The van der Waals surface area contributed by atoms with Crippen molar-refractivity contribution in [1.82, 2.24) is 14.9 Å². The van der Waals surface area contributed by atoms with Crippen molar-refractivity contribution in [3.63, 3.8) is 0 Å². The van der Waals surface area contributed by atoms with Crippen molar-refractivity contribution in [2.75, 3.05) is 30.7 Å². The van der Waals surface area contributed by atoms with E-state index in [0.717, 1.165) is 44.0 Å². The molecule has 3 N–H and O–H groups in total. The molecule has 1 aliphatic heterocycles. The predicted octanol–water partition coefficient (Wildman–Crippen LogP) is 2.98. The fraction of sp³-hybridized carbons (Fsp3) is 0.789. The summed E-state index contributed by atoms with van der Waals surface area (Å²) in [6, 6.07) is 0.429. The first-order valence-electron chi connectivity index (χ1n) is 9.72. The van der Waals surface area contributed by atoms with Gasteiger partial charge < -0.3 is 15.8 Å². The molecule has 140 valence electrons. The van der Waals surface area contributed by atoms with Crippen LogP contribution in [0, 0.1) is 6.92 Å². The SMILES string of the molecule is CCOC1CCC(C)(N2CCC(Nc3nc(C)cnc3N)CC2)CC1. The standard InChI is InChI=1S/C19H33N5O/c1-4-25-16-5-9-19(3,10-6-16)24-11-7-15(8-12-24)23-18-17(20)21-13-14(2)22-18/h13,15-16H,4-12H2,1-3H3,(H2,20,21)(H,22,23). The van der Waals surface area contributed by atoms with Gasteiger partial charge in [-0.25, -0.2) is 9.97 Å². The van der Waals surface area contributed by atoms with Crippen LogP contribution in [0.15, 0.2) is 6.20 Å². The number of aryl methyl sites for hydroxylation is 1. The largest absolute Gasteiger partial charge is 0.381 e. The third-order valence-electron chi connectivity index (χ3n) is 5.93. The van der Waals surface area contributed by atoms with Gasteiger partial charge in [0.15, 0.2) is 11.6 Å². The molecule has 6 heteroatoms. The van der Waals surface area contributed by atoms with Crippen LogP contribution >= 0.6 is 0 Å². The number of hydrogen-bond acceptors (Lipinski definition) is 6. The smallest absolute Gasteiger partial charge is 0.169 e. The highest BCUT2D eigenvalue weighted by molar-refractivity contribution is 5.56. The second-order valence-corrected chi connectivity index (χ2v) is 7.80. The van der Waals surface area contributed by atoms with Crippen molar-refractivity contribution in [2.45, 2.75) is 77.0 Å². The number of likely N-dealkylation sites (tertiary alicyclic amines) is 1. The normalized spacial score (nSPS) is 28.8. The molecule has 0 bridgehead atoms. The van der Waals surface area contributed by atoms with Crippen molar-refractivity contribution in [3.05, 3.63) is 11.9 Å². The van der Waals surface area contributed by atoms with E-state index in [1.807, 2.05) is 6.92 Å². The summed E-state index contributed by atoms with van der Waals surface area (Å²) in [5.74, 6) is 1.23. The molecule has 1 saturated carbocycles. The maximum atomic E-state index is 5.95. The number of nitrogens with one attached hydrogen (secondary N) is 1. The summed E-state index contributed by atoms with van der Waals surface area (Å²) in [5, 5.41) is 3.50. The maximum Gasteiger partial charge on any atom is 0.169 e. The number of piperidine rings is 1. The molecule has 0 spiro atoms. The van der Waals surface area contributed by atoms with Gasteiger partial charge in [0.25, 0.3) is 0 Å². The van der Waals surface area contributed by atoms with E-state index in [9.17, 15) is 0 Å². The van der Waals surface area contributed by atoms with Gasteiger partial charge in [-0.05, 0) is 59.3 Å². The monoisotopic (exact) mass is 347 g/mol. The topological polar surface area (TPSA) is 76.3 Å². The van der Waals surface area contributed by atoms with E-state index in [2.05, 4.69) is 34.0 Å². The molecule has 1 aromatic heterocycles. The van der Waals surface area contributed by atoms with Crippen molar-refractivity contribution < 1.29 is 4.74 Å². The lowest BCUT2D eigenvalue weighted by Crippen LogP contribution is -2.53. The lowest BCUT2D eigenvalue weighted by Gasteiger charge is -2.48. The fourth-order valence-electron chi connectivity index (χ4n) is 4.28. The molecule has 0 radical (unpaired) electrons. The van der Waals surface area contributed by atoms with E-state index in [0.29, 0.717) is 23.5 Å². The third-order valence-corrected chi connectivity index (χ3v) is 5.93. The maximum absolute atomic E-state index is 5.95. The van der Waals surface area contributed by atoms with Gasteiger partial charge >= 0.3 is 0 Å². The Hall–Kier alpha value is -1.40. The molecule has 0 atom stereocenters. The van der Waals surface area contributed by atoms with Crippen LogP contribution in [0.5, 0.6) is 0 Å². The summed E-state index contributed by atoms with van der Waals surface area (Å²) < 4.78 is 5.81. The molecule has 0 aromatic carbocycles. The summed E-state index contributed by atoms with van der Waals surface area (Å²) >= 11 is 0. The van der Waals surface area contributed by atoms with Gasteiger partial charge in [-0.1, -0.05) is 0 Å². The Morgan fingerprint density at radius 2 is 1.96 bits per heavy atom. The van der Waals surface area contributed by atoms with E-state index in [4.69, 9.17) is 10.5 Å². The minimum atomic E-state index is 0.334. The Labute approximate surface area is 151 Å². The number of rotatable bonds is 5. The molecule has 2 fully saturated rings. The molecule has 2 aliphatic rings. The van der Waals surface area contributed by atoms with Gasteiger partial charge in [0.1, 0.15) is 0 Å². The lowest BCUT2D eigenvalue weighted by molar-refractivity contribution is -0.0242. The first-order valence-corrected chi connectivity index (χ1v) is 9.72. The number of ether oxygens (including phenoxy) is 1. The van der Waals surface area contributed by atoms with Crippen LogP contribution in [-0.4, -0.2) is 52.2 Å². The Balaban J connectivity index is 1.51. The molecule has 1 saturated heterocycles. The Morgan fingerprint density at radius 1 is 1.28 bits per heavy atom. The first kappa shape index (κ1) is 18.4. The van der Waals surface area contributed by atoms with Gasteiger partial charge in [-0.2, -0.15) is 0 Å². The number of aromatic nitrogens is 2. The summed E-state index contributed by atoms with van der Waals surface area (Å²) in [7, 11) is 0. The molecular weight excluding hydrogens is 314 g/mol. The number of anilines is 2. The highest BCUT2D eigenvalue weighted by Gasteiger charge is 2.38. The number of nitrogens with two attached hydrogens (primary N) is 1. The summed E-state index contributed by atoms with van der Waals surface area (Å²) in [6.45, 7) is 9.58. The fourth-order valence-corrected chi connectivity index (χ4v) is 4.28. The number of hydrogen-bond donors (Lipinski definition) is 2. The third kappa shape index (κ3) is 4.42. The van der Waals surface area contributed by atoms with Gasteiger partial charge in [-0.3, -0.25) is 4.90 Å². The van der Waals surface area contributed by atoms with Crippen molar-refractivity contribution in [2.24, 2.45) is 0 Å². The minimum absolute atomic E-state index is 0.334. The number of nitrogens with zero attached hydrogens (tertiary/aromatic N) is 3. The zero-order valence-corrected chi connectivity index (χ0v) is 15.9. The molecule has 2 heterocycles. The van der Waals surface area contributed by atoms with Crippen LogP contribution in [0.2, 0.25) is 0 Å². The molecule has 0 unspecified atom stereocenters. The van der Waals surface area contributed by atoms with Crippen molar-refractivity contribution in [1.29, 1.82) is 0 Å². The van der Waals surface area contributed by atoms with Gasteiger partial charge in [0.2, 0.25) is 0 Å². The Bertz CT molecular complexity index is 563. The van der Waals surface area contributed by atoms with E-state index < -0.39 is 0 Å². The Morgan fingerprint density at radius 3 is 2.60 bits per heavy atom. The molecule has 1 aliphatic carbocycles. The van der Waals surface area contributed by atoms with Crippen molar-refractivity contribution >= 4 is 11.6 Å². The van der Waals surface area contributed by atoms with Gasteiger partial charge in [-0.15, -0.1) is 0 Å². The minimum Gasteiger partial charge on any atom is -0.381 e. The van der Waals surface area contributed by atoms with Crippen LogP contribution < -0.4 is 11.1 Å². The van der Waals surface area contributed by atoms with E-state index in [-0.39, 0.29) is 0 Å². The lowest BCUT2D eigenvalue weighted by atomic mass is 9.79. The second-order valence-electron chi connectivity index (χ2n) is 7.80. The van der Waals surface area contributed by atoms with Crippen molar-refractivity contribution in [3.8, 4) is 0 Å². The molecule has 0 amide bonds. The summed E-state index contributed by atoms with van der Waals surface area (Å²) in [4.78, 5) is 11.4. The van der Waals surface area contributed by atoms with Crippen LogP contribution in [0.4, 0.5) is 11.6 Å². The summed E-state index contributed by atoms with van der Waals surface area (Å²) in [6.07, 6.45) is 9.30. The van der Waals surface area contributed by atoms with Crippen LogP contribution in [-0.2, 0) is 4.74 Å². The summed E-state index contributed by atoms with van der Waals surface area (Å²) in [5.41, 5.74) is 7.18. The van der Waals surface area contributed by atoms with Crippen LogP contribution in [0.3, 0.4) is 0 Å². The molecule has 1 aromatic rings. The first-order chi connectivity index (χ1) is 12.0. The predicted molar refractivity (Wildman–Crippen MR) is 102 cm³/mol. The van der Waals surface area contributed by atoms with Gasteiger partial charge in [0.05, 0.1) is 18.0 Å². The van der Waals surface area contributed by atoms with E-state index in [1.54, 1.807) is 6.20 Å². The van der Waals surface area contributed by atoms with Crippen LogP contribution in [0.1, 0.15) is 58.1 Å². The highest BCUT2D eigenvalue weighted by Crippen LogP contribution is 2.36. The highest BCUT2D eigenvalue weighted by atomic mass is 16.5. The zero-order valence-electron chi connectivity index (χ0n) is 15.9. The molecule has 6 nitrogen and oxygen atoms in total. The average molecular weight is 348 g/mol. The average Bonchev–Trinajstić information content (AvgIpc) is 2.61. The zero-order chi connectivity index (χ0) is 17.9.